The Morgan fingerprint density at radius 3 is 2.33 bits per heavy atom. The van der Waals surface area contributed by atoms with Gasteiger partial charge in [0.25, 0.3) is 5.82 Å². The van der Waals surface area contributed by atoms with Crippen LogP contribution in [-0.2, 0) is 6.18 Å². The Kier molecular flexibility index (Phi) is 4.31. The van der Waals surface area contributed by atoms with Crippen LogP contribution in [-0.4, -0.2) is 21.0 Å². The summed E-state index contributed by atoms with van der Waals surface area (Å²) in [7, 11) is 0. The van der Waals surface area contributed by atoms with Gasteiger partial charge in [0.15, 0.2) is 5.82 Å². The maximum Gasteiger partial charge on any atom is 0.453 e. The summed E-state index contributed by atoms with van der Waals surface area (Å²) in [6, 6.07) is 12.5. The van der Waals surface area contributed by atoms with Gasteiger partial charge in [0.1, 0.15) is 5.82 Å². The highest BCUT2D eigenvalue weighted by Gasteiger charge is 2.37. The lowest BCUT2D eigenvalue weighted by Crippen LogP contribution is -2.08. The average molecular weight is 353 g/mol. The van der Waals surface area contributed by atoms with Crippen LogP contribution in [0, 0.1) is 5.82 Å². The third-order valence-electron chi connectivity index (χ3n) is 3.27. The lowest BCUT2D eigenvalue weighted by Gasteiger charge is -2.07. The molecule has 1 aromatic heterocycles. The molecule has 3 nitrogen and oxygen atoms in total. The molecule has 1 heterocycles. The molecule has 0 fully saturated rings. The number of thioether (sulfide) groups is 1. The van der Waals surface area contributed by atoms with Crippen LogP contribution in [0.3, 0.4) is 0 Å². The molecule has 3 aromatic rings. The van der Waals surface area contributed by atoms with Crippen LogP contribution in [0.4, 0.5) is 17.6 Å². The SMILES string of the molecule is CSc1ccc(-n2nc(C(F)(F)F)nc2-c2ccccc2)cc1F. The van der Waals surface area contributed by atoms with Crippen molar-refractivity contribution in [3.63, 3.8) is 0 Å². The Hall–Kier alpha value is -2.35. The van der Waals surface area contributed by atoms with Gasteiger partial charge < -0.3 is 0 Å². The predicted molar refractivity (Wildman–Crippen MR) is 83.5 cm³/mol. The summed E-state index contributed by atoms with van der Waals surface area (Å²) in [5.41, 5.74) is 0.627. The fraction of sp³-hybridized carbons (Fsp3) is 0.125. The third-order valence-corrected chi connectivity index (χ3v) is 4.04. The van der Waals surface area contributed by atoms with Crippen molar-refractivity contribution in [3.8, 4) is 17.1 Å². The van der Waals surface area contributed by atoms with Gasteiger partial charge in [-0.2, -0.15) is 13.2 Å². The second-order valence-corrected chi connectivity index (χ2v) is 5.70. The van der Waals surface area contributed by atoms with E-state index in [1.807, 2.05) is 0 Å². The summed E-state index contributed by atoms with van der Waals surface area (Å²) in [6.07, 6.45) is -2.97. The van der Waals surface area contributed by atoms with Gasteiger partial charge >= 0.3 is 6.18 Å². The third kappa shape index (κ3) is 3.14. The summed E-state index contributed by atoms with van der Waals surface area (Å²) in [5, 5.41) is 3.53. The molecule has 3 rings (SSSR count). The Bertz CT molecular complexity index is 860. The van der Waals surface area contributed by atoms with Crippen molar-refractivity contribution in [3.05, 3.63) is 60.2 Å². The van der Waals surface area contributed by atoms with E-state index in [9.17, 15) is 17.6 Å². The smallest absolute Gasteiger partial charge is 0.213 e. The molecule has 8 heteroatoms. The number of benzene rings is 2. The summed E-state index contributed by atoms with van der Waals surface area (Å²) in [4.78, 5) is 4.00. The van der Waals surface area contributed by atoms with E-state index in [-0.39, 0.29) is 11.5 Å². The van der Waals surface area contributed by atoms with Crippen LogP contribution in [0.25, 0.3) is 17.1 Å². The highest BCUT2D eigenvalue weighted by atomic mass is 32.2. The van der Waals surface area contributed by atoms with E-state index in [4.69, 9.17) is 0 Å². The topological polar surface area (TPSA) is 30.7 Å². The highest BCUT2D eigenvalue weighted by Crippen LogP contribution is 2.31. The zero-order chi connectivity index (χ0) is 17.3. The van der Waals surface area contributed by atoms with E-state index >= 15 is 0 Å². The highest BCUT2D eigenvalue weighted by molar-refractivity contribution is 7.98. The van der Waals surface area contributed by atoms with Crippen LogP contribution in [0.15, 0.2) is 53.4 Å². The molecule has 24 heavy (non-hydrogen) atoms. The first-order valence-corrected chi connectivity index (χ1v) is 8.06. The lowest BCUT2D eigenvalue weighted by molar-refractivity contribution is -0.144. The maximum atomic E-state index is 14.0. The molecule has 0 radical (unpaired) electrons. The summed E-state index contributed by atoms with van der Waals surface area (Å²) >= 11 is 1.21. The first kappa shape index (κ1) is 16.5. The Labute approximate surface area is 139 Å². The number of hydrogen-bond donors (Lipinski definition) is 0. The van der Waals surface area contributed by atoms with Crippen molar-refractivity contribution in [2.45, 2.75) is 11.1 Å². The minimum Gasteiger partial charge on any atom is -0.213 e. The van der Waals surface area contributed by atoms with Crippen molar-refractivity contribution >= 4 is 11.8 Å². The second-order valence-electron chi connectivity index (χ2n) is 4.85. The van der Waals surface area contributed by atoms with E-state index in [0.29, 0.717) is 10.5 Å². The molecule has 0 atom stereocenters. The molecule has 124 valence electrons. The number of rotatable bonds is 3. The van der Waals surface area contributed by atoms with Gasteiger partial charge in [-0.25, -0.2) is 14.1 Å². The van der Waals surface area contributed by atoms with E-state index in [1.165, 1.54) is 23.9 Å². The van der Waals surface area contributed by atoms with E-state index < -0.39 is 17.8 Å². The van der Waals surface area contributed by atoms with Gasteiger partial charge in [0.05, 0.1) is 5.69 Å². The van der Waals surface area contributed by atoms with Gasteiger partial charge in [0.2, 0.25) is 0 Å². The average Bonchev–Trinajstić information content (AvgIpc) is 3.01. The zero-order valence-corrected chi connectivity index (χ0v) is 13.2. The van der Waals surface area contributed by atoms with Crippen molar-refractivity contribution in [1.82, 2.24) is 14.8 Å². The molecule has 0 N–H and O–H groups in total. The van der Waals surface area contributed by atoms with Crippen LogP contribution < -0.4 is 0 Å². The van der Waals surface area contributed by atoms with Gasteiger partial charge in [-0.1, -0.05) is 30.3 Å². The number of aromatic nitrogens is 3. The van der Waals surface area contributed by atoms with Gasteiger partial charge in [0, 0.05) is 16.5 Å². The standard InChI is InChI=1S/C16H11F4N3S/c1-24-13-8-7-11(9-12(13)17)23-14(10-5-3-2-4-6-10)21-15(22-23)16(18,19)20/h2-9H,1H3. The van der Waals surface area contributed by atoms with Crippen molar-refractivity contribution in [1.29, 1.82) is 0 Å². The van der Waals surface area contributed by atoms with Gasteiger partial charge in [-0.3, -0.25) is 0 Å². The number of nitrogens with zero attached hydrogens (tertiary/aromatic N) is 3. The molecule has 0 unspecified atom stereocenters. The zero-order valence-electron chi connectivity index (χ0n) is 12.4. The Balaban J connectivity index is 2.19. The summed E-state index contributed by atoms with van der Waals surface area (Å²) in [6.45, 7) is 0. The van der Waals surface area contributed by atoms with Gasteiger partial charge in [-0.15, -0.1) is 16.9 Å². The molecular formula is C16H11F4N3S. The van der Waals surface area contributed by atoms with Crippen molar-refractivity contribution < 1.29 is 17.6 Å². The number of alkyl halides is 3. The molecule has 2 aromatic carbocycles. The molecule has 0 aliphatic rings. The van der Waals surface area contributed by atoms with Crippen molar-refractivity contribution in [2.24, 2.45) is 0 Å². The molecular weight excluding hydrogens is 342 g/mol. The van der Waals surface area contributed by atoms with E-state index in [0.717, 1.165) is 10.7 Å². The molecule has 0 aliphatic carbocycles. The van der Waals surface area contributed by atoms with Crippen LogP contribution in [0.1, 0.15) is 5.82 Å². The van der Waals surface area contributed by atoms with Crippen LogP contribution >= 0.6 is 11.8 Å². The fourth-order valence-electron chi connectivity index (χ4n) is 2.17. The first-order chi connectivity index (χ1) is 11.4. The largest absolute Gasteiger partial charge is 0.453 e. The summed E-state index contributed by atoms with van der Waals surface area (Å²) in [5.74, 6) is -1.79. The fourth-order valence-corrected chi connectivity index (χ4v) is 2.63. The Morgan fingerprint density at radius 2 is 1.75 bits per heavy atom. The van der Waals surface area contributed by atoms with Crippen LogP contribution in [0.2, 0.25) is 0 Å². The normalized spacial score (nSPS) is 11.7. The molecule has 0 spiro atoms. The van der Waals surface area contributed by atoms with E-state index in [1.54, 1.807) is 36.6 Å². The van der Waals surface area contributed by atoms with Gasteiger partial charge in [-0.05, 0) is 18.4 Å². The molecule has 0 saturated heterocycles. The minimum absolute atomic E-state index is 0.000716. The monoisotopic (exact) mass is 353 g/mol. The predicted octanol–water partition coefficient (Wildman–Crippen LogP) is 4.81. The molecule has 0 saturated carbocycles. The number of halogens is 4. The minimum atomic E-state index is -4.69. The molecule has 0 amide bonds. The quantitative estimate of drug-likeness (QED) is 0.500. The summed E-state index contributed by atoms with van der Waals surface area (Å²) < 4.78 is 54.0. The lowest BCUT2D eigenvalue weighted by atomic mass is 10.2. The second kappa shape index (κ2) is 6.27. The van der Waals surface area contributed by atoms with Crippen LogP contribution in [0.5, 0.6) is 0 Å². The number of hydrogen-bond acceptors (Lipinski definition) is 3. The molecule has 0 bridgehead atoms. The first-order valence-electron chi connectivity index (χ1n) is 6.84. The Morgan fingerprint density at radius 1 is 1.04 bits per heavy atom. The maximum absolute atomic E-state index is 14.0. The van der Waals surface area contributed by atoms with Crippen molar-refractivity contribution in [2.75, 3.05) is 6.26 Å². The van der Waals surface area contributed by atoms with E-state index in [2.05, 4.69) is 10.1 Å². The molecule has 0 aliphatic heterocycles.